The Balaban J connectivity index is 0.00000645. The van der Waals surface area contributed by atoms with Crippen LogP contribution in [-0.2, 0) is 46.1 Å². The van der Waals surface area contributed by atoms with Gasteiger partial charge >= 0.3 is 0 Å². The topological polar surface area (TPSA) is 25.3 Å². The van der Waals surface area contributed by atoms with Crippen molar-refractivity contribution in [3.8, 4) is 0 Å². The molecule has 0 unspecified atom stereocenters. The average molecular weight is 675 g/mol. The van der Waals surface area contributed by atoms with Crippen molar-refractivity contribution in [2.45, 2.75) is 157 Å². The van der Waals surface area contributed by atoms with E-state index in [0.29, 0.717) is 0 Å². The molecule has 2 aromatic carbocycles. The summed E-state index contributed by atoms with van der Waals surface area (Å²) in [6, 6.07) is 14.1. The minimum atomic E-state index is 0. The van der Waals surface area contributed by atoms with Crippen molar-refractivity contribution in [3.63, 3.8) is 0 Å². The van der Waals surface area contributed by atoms with Gasteiger partial charge < -0.3 is 5.53 Å². The SMILES string of the molecule is CCCCCCCCC1=C(c2ccc(CCC)c(CCC)c2)[N+](=[N-])C(c2ccc(CCC)c(CCC)c2)=C1CCCC.[Pd]. The first-order valence-corrected chi connectivity index (χ1v) is 17.7. The molecule has 0 N–H and O–H groups in total. The van der Waals surface area contributed by atoms with Gasteiger partial charge in [-0.3, -0.25) is 0 Å². The summed E-state index contributed by atoms with van der Waals surface area (Å²) in [6.45, 7) is 13.7. The van der Waals surface area contributed by atoms with Crippen LogP contribution in [0.4, 0.5) is 0 Å². The standard InChI is InChI=1S/C40H60N2.Pd/c1-7-13-15-16-17-18-24-38-37(23-14-8-2)39(35-27-25-31(19-9-3)33(29-35)21-11-5)42(41)40(38)36-28-26-32(20-10-4)34(30-36)22-12-6;/h25-30H,7-24H2,1-6H3;. The zero-order valence-corrected chi connectivity index (χ0v) is 30.0. The summed E-state index contributed by atoms with van der Waals surface area (Å²) in [5.74, 6) is 0. The van der Waals surface area contributed by atoms with E-state index < -0.39 is 0 Å². The Morgan fingerprint density at radius 1 is 0.442 bits per heavy atom. The molecule has 3 heteroatoms. The minimum Gasteiger partial charge on any atom is -0.493 e. The van der Waals surface area contributed by atoms with Crippen molar-refractivity contribution in [1.29, 1.82) is 0 Å². The van der Waals surface area contributed by atoms with Crippen LogP contribution in [-0.4, -0.2) is 4.70 Å². The van der Waals surface area contributed by atoms with Gasteiger partial charge in [0, 0.05) is 42.7 Å². The monoisotopic (exact) mass is 674 g/mol. The molecule has 1 aliphatic heterocycles. The minimum absolute atomic E-state index is 0. The number of rotatable bonds is 20. The Morgan fingerprint density at radius 3 is 1.28 bits per heavy atom. The first-order chi connectivity index (χ1) is 20.5. The maximum absolute atomic E-state index is 12.2. The van der Waals surface area contributed by atoms with Crippen molar-refractivity contribution >= 4 is 11.4 Å². The molecule has 2 nitrogen and oxygen atoms in total. The van der Waals surface area contributed by atoms with E-state index in [-0.39, 0.29) is 20.4 Å². The van der Waals surface area contributed by atoms with Gasteiger partial charge in [0.1, 0.15) is 0 Å². The molecule has 0 saturated carbocycles. The summed E-state index contributed by atoms with van der Waals surface area (Å²) < 4.78 is 1.60. The summed E-state index contributed by atoms with van der Waals surface area (Å²) >= 11 is 0. The quantitative estimate of drug-likeness (QED) is 0.0759. The van der Waals surface area contributed by atoms with Gasteiger partial charge in [-0.25, -0.2) is 4.70 Å². The third-order valence-corrected chi connectivity index (χ3v) is 8.96. The van der Waals surface area contributed by atoms with Crippen LogP contribution in [0, 0.1) is 0 Å². The Hall–Kier alpha value is -1.82. The molecule has 1 aliphatic rings. The van der Waals surface area contributed by atoms with Crippen LogP contribution < -0.4 is 0 Å². The van der Waals surface area contributed by atoms with E-state index in [4.69, 9.17) is 0 Å². The fourth-order valence-electron chi connectivity index (χ4n) is 6.80. The molecular formula is C40H60N2Pd. The van der Waals surface area contributed by atoms with Crippen molar-refractivity contribution < 1.29 is 25.1 Å². The molecule has 1 heterocycles. The molecule has 0 bridgehead atoms. The van der Waals surface area contributed by atoms with Crippen molar-refractivity contribution in [1.82, 2.24) is 0 Å². The molecule has 0 fully saturated rings. The number of nitrogens with zero attached hydrogens (tertiary/aromatic N) is 2. The Labute approximate surface area is 279 Å². The van der Waals surface area contributed by atoms with Gasteiger partial charge in [0.2, 0.25) is 11.4 Å². The molecule has 43 heavy (non-hydrogen) atoms. The maximum atomic E-state index is 12.2. The van der Waals surface area contributed by atoms with E-state index in [0.717, 1.165) is 88.4 Å². The van der Waals surface area contributed by atoms with Crippen molar-refractivity contribution in [2.24, 2.45) is 0 Å². The van der Waals surface area contributed by atoms with E-state index in [1.165, 1.54) is 83.1 Å². The van der Waals surface area contributed by atoms with Crippen molar-refractivity contribution in [3.05, 3.63) is 86.5 Å². The third kappa shape index (κ3) is 10.1. The van der Waals surface area contributed by atoms with Crippen LogP contribution in [0.25, 0.3) is 16.9 Å². The predicted octanol–water partition coefficient (Wildman–Crippen LogP) is 12.6. The number of aryl methyl sites for hydroxylation is 4. The third-order valence-electron chi connectivity index (χ3n) is 8.96. The zero-order valence-electron chi connectivity index (χ0n) is 28.4. The molecule has 0 aromatic heterocycles. The molecule has 0 amide bonds. The van der Waals surface area contributed by atoms with Gasteiger partial charge in [-0.15, -0.1) is 0 Å². The molecular weight excluding hydrogens is 615 g/mol. The van der Waals surface area contributed by atoms with Crippen LogP contribution in [0.5, 0.6) is 0 Å². The maximum Gasteiger partial charge on any atom is 0.211 e. The number of benzene rings is 2. The van der Waals surface area contributed by atoms with E-state index in [1.54, 1.807) is 4.70 Å². The van der Waals surface area contributed by atoms with Crippen LogP contribution in [0.2, 0.25) is 0 Å². The number of allylic oxidation sites excluding steroid dienone is 2. The summed E-state index contributed by atoms with van der Waals surface area (Å²) in [7, 11) is 0. The smallest absolute Gasteiger partial charge is 0.211 e. The van der Waals surface area contributed by atoms with Gasteiger partial charge in [-0.2, -0.15) is 0 Å². The number of unbranched alkanes of at least 4 members (excludes halogenated alkanes) is 6. The van der Waals surface area contributed by atoms with E-state index >= 15 is 0 Å². The number of hydrogen-bond acceptors (Lipinski definition) is 0. The first kappa shape index (κ1) is 37.4. The summed E-state index contributed by atoms with van der Waals surface area (Å²) in [5, 5.41) is 0. The van der Waals surface area contributed by atoms with Crippen LogP contribution in [0.3, 0.4) is 0 Å². The predicted molar refractivity (Wildman–Crippen MR) is 184 cm³/mol. The van der Waals surface area contributed by atoms with Gasteiger partial charge in [0.05, 0.1) is 0 Å². The molecule has 0 radical (unpaired) electrons. The Morgan fingerprint density at radius 2 is 0.837 bits per heavy atom. The van der Waals surface area contributed by atoms with E-state index in [9.17, 15) is 5.53 Å². The largest absolute Gasteiger partial charge is 0.493 e. The van der Waals surface area contributed by atoms with Crippen LogP contribution in [0.1, 0.15) is 165 Å². The Kier molecular flexibility index (Phi) is 17.6. The Bertz CT molecular complexity index is 1220. The second-order valence-corrected chi connectivity index (χ2v) is 12.6. The van der Waals surface area contributed by atoms with Crippen LogP contribution in [0.15, 0.2) is 47.5 Å². The van der Waals surface area contributed by atoms with Gasteiger partial charge in [0.15, 0.2) is 0 Å². The van der Waals surface area contributed by atoms with Gasteiger partial charge in [-0.05, 0) is 97.9 Å². The normalized spacial score (nSPS) is 13.3. The molecule has 0 spiro atoms. The van der Waals surface area contributed by atoms with E-state index in [2.05, 4.69) is 77.9 Å². The fraction of sp³-hybridized carbons (Fsp3) is 0.600. The molecule has 240 valence electrons. The second kappa shape index (κ2) is 20.3. The average Bonchev–Trinajstić information content (AvgIpc) is 3.26. The first-order valence-electron chi connectivity index (χ1n) is 17.7. The second-order valence-electron chi connectivity index (χ2n) is 12.6. The van der Waals surface area contributed by atoms with Gasteiger partial charge in [0.25, 0.3) is 0 Å². The summed E-state index contributed by atoms with van der Waals surface area (Å²) in [4.78, 5) is 0. The fourth-order valence-corrected chi connectivity index (χ4v) is 6.80. The zero-order chi connectivity index (χ0) is 30.3. The number of hydrogen-bond donors (Lipinski definition) is 0. The summed E-state index contributed by atoms with van der Waals surface area (Å²) in [5.41, 5.74) is 25.2. The van der Waals surface area contributed by atoms with Gasteiger partial charge in [-0.1, -0.05) is 118 Å². The molecule has 0 saturated heterocycles. The molecule has 2 aromatic rings. The van der Waals surface area contributed by atoms with E-state index in [1.807, 2.05) is 0 Å². The molecule has 0 atom stereocenters. The molecule has 3 rings (SSSR count). The summed E-state index contributed by atoms with van der Waals surface area (Å²) in [6.07, 6.45) is 21.1. The van der Waals surface area contributed by atoms with Crippen molar-refractivity contribution in [2.75, 3.05) is 0 Å². The van der Waals surface area contributed by atoms with Crippen LogP contribution >= 0.6 is 0 Å². The molecule has 0 aliphatic carbocycles.